The number of hydrogen-bond acceptors (Lipinski definition) is 11. The maximum absolute atomic E-state index is 13.8. The number of phosphoric ester groups is 1. The molecule has 0 aliphatic carbocycles. The molecule has 3 unspecified atom stereocenters. The van der Waals surface area contributed by atoms with Crippen molar-refractivity contribution < 1.29 is 60.6 Å². The Morgan fingerprint density at radius 1 is 1.31 bits per heavy atom. The molecule has 184 valence electrons. The van der Waals surface area contributed by atoms with E-state index in [2.05, 4.69) is 18.1 Å². The van der Waals surface area contributed by atoms with Crippen LogP contribution in [0.1, 0.15) is 13.2 Å². The highest BCUT2D eigenvalue weighted by Gasteiger charge is 2.59. The number of aromatic nitrogens is 2. The molecule has 1 aliphatic heterocycles. The van der Waals surface area contributed by atoms with E-state index in [-0.39, 0.29) is 5.82 Å². The molecule has 21 heteroatoms. The van der Waals surface area contributed by atoms with E-state index in [4.69, 9.17) is 31.9 Å². The molecule has 16 nitrogen and oxygen atoms in total. The zero-order chi connectivity index (χ0) is 24.7. The smallest absolute Gasteiger partial charge is 0.388 e. The topological polar surface area (TPSA) is 250 Å². The minimum atomic E-state index is -5.80. The highest BCUT2D eigenvalue weighted by atomic mass is 35.5. The molecule has 32 heavy (non-hydrogen) atoms. The number of alkyl halides is 2. The van der Waals surface area contributed by atoms with Gasteiger partial charge in [0.15, 0.2) is 6.23 Å². The molecule has 1 aromatic rings. The maximum Gasteiger partial charge on any atom is 0.490 e. The predicted octanol–water partition coefficient (Wildman–Crippen LogP) is -0.237. The summed E-state index contributed by atoms with van der Waals surface area (Å²) in [4.78, 5) is 49.0. The molecule has 0 bridgehead atoms. The van der Waals surface area contributed by atoms with E-state index in [9.17, 15) is 37.8 Å². The molecule has 0 amide bonds. The number of aliphatic hydroxyl groups is 1. The van der Waals surface area contributed by atoms with E-state index in [1.165, 1.54) is 0 Å². The number of hydrogen-bond donors (Lipinski definition) is 6. The third-order valence-electron chi connectivity index (χ3n) is 3.99. The van der Waals surface area contributed by atoms with E-state index in [1.54, 1.807) is 0 Å². The van der Waals surface area contributed by atoms with Crippen LogP contribution in [0.2, 0.25) is 0 Å². The second-order valence-corrected chi connectivity index (χ2v) is 11.5. The molecule has 0 radical (unpaired) electrons. The summed E-state index contributed by atoms with van der Waals surface area (Å²) in [6.45, 7) is -0.482. The number of phosphoric acid groups is 3. The van der Waals surface area contributed by atoms with Crippen molar-refractivity contribution in [2.45, 2.75) is 36.3 Å². The fourth-order valence-electron chi connectivity index (χ4n) is 2.74. The molecule has 0 saturated carbocycles. The Bertz CT molecular complexity index is 1050. The number of nitrogen functional groups attached to an aromatic ring is 1. The van der Waals surface area contributed by atoms with Gasteiger partial charge in [-0.05, 0) is 13.0 Å². The van der Waals surface area contributed by atoms with Crippen LogP contribution in [-0.4, -0.2) is 64.1 Å². The lowest BCUT2D eigenvalue weighted by molar-refractivity contribution is -0.0754. The molecular weight excluding hydrogens is 530 g/mol. The molecular formula is C11H18ClFN3O13P3. The largest absolute Gasteiger partial charge is 0.490 e. The van der Waals surface area contributed by atoms with Crippen LogP contribution in [0.5, 0.6) is 0 Å². The van der Waals surface area contributed by atoms with Gasteiger partial charge in [-0.1, -0.05) is 0 Å². The Kier molecular flexibility index (Phi) is 8.13. The lowest BCUT2D eigenvalue weighted by atomic mass is 9.97. The van der Waals surface area contributed by atoms with Crippen molar-refractivity contribution in [3.05, 3.63) is 22.7 Å². The van der Waals surface area contributed by atoms with Gasteiger partial charge in [0.1, 0.15) is 29.6 Å². The van der Waals surface area contributed by atoms with Gasteiger partial charge < -0.3 is 35.2 Å². The number of aliphatic hydroxyl groups excluding tert-OH is 1. The zero-order valence-corrected chi connectivity index (χ0v) is 19.2. The molecule has 7 atom stereocenters. The van der Waals surface area contributed by atoms with Gasteiger partial charge in [-0.15, -0.1) is 11.6 Å². The Hall–Kier alpha value is -0.770. The first kappa shape index (κ1) is 27.5. The Balaban J connectivity index is 2.25. The van der Waals surface area contributed by atoms with E-state index >= 15 is 0 Å². The molecule has 1 fully saturated rings. The van der Waals surface area contributed by atoms with E-state index in [0.29, 0.717) is 4.57 Å². The standard InChI is InChI=1S/C11H18ClFN3O13P3/c1-5(27-31(22,23)29-32(24,25)28-30(19,20)21)7-8(17)11(12,4-13)9(26-7)16-3-2-6(14)15-10(16)18/h2-3,5,7-9,17H,4H2,1H3,(H,22,23)(H,24,25)(H2,14,15,18)(H2,19,20,21)/t5-,7-,8?,9-,11-/m1/s1. The van der Waals surface area contributed by atoms with E-state index in [0.717, 1.165) is 19.2 Å². The first-order valence-electron chi connectivity index (χ1n) is 8.16. The first-order chi connectivity index (χ1) is 14.4. The fourth-order valence-corrected chi connectivity index (χ4v) is 6.22. The molecule has 2 heterocycles. The van der Waals surface area contributed by atoms with Crippen LogP contribution in [0, 0.1) is 0 Å². The quantitative estimate of drug-likeness (QED) is 0.172. The lowest BCUT2D eigenvalue weighted by Gasteiger charge is -2.28. The molecule has 1 aliphatic rings. The van der Waals surface area contributed by atoms with E-state index < -0.39 is 65.2 Å². The summed E-state index contributed by atoms with van der Waals surface area (Å²) < 4.78 is 65.6. The minimum absolute atomic E-state index is 0.178. The first-order valence-corrected chi connectivity index (χ1v) is 13.1. The lowest BCUT2D eigenvalue weighted by Crippen LogP contribution is -2.47. The van der Waals surface area contributed by atoms with Crippen LogP contribution in [0.4, 0.5) is 10.2 Å². The number of ether oxygens (including phenoxy) is 1. The fraction of sp³-hybridized carbons (Fsp3) is 0.636. The molecule has 7 N–H and O–H groups in total. The second-order valence-electron chi connectivity index (χ2n) is 6.40. The second kappa shape index (κ2) is 9.47. The molecule has 1 saturated heterocycles. The summed E-state index contributed by atoms with van der Waals surface area (Å²) in [5.74, 6) is -0.178. The molecule has 2 rings (SSSR count). The summed E-state index contributed by atoms with van der Waals surface area (Å²) in [6, 6.07) is 1.15. The van der Waals surface area contributed by atoms with Crippen LogP contribution in [0.3, 0.4) is 0 Å². The average molecular weight is 548 g/mol. The van der Waals surface area contributed by atoms with Crippen molar-refractivity contribution in [1.82, 2.24) is 9.55 Å². The minimum Gasteiger partial charge on any atom is -0.388 e. The Morgan fingerprint density at radius 2 is 1.91 bits per heavy atom. The summed E-state index contributed by atoms with van der Waals surface area (Å²) in [7, 11) is -17.0. The average Bonchev–Trinajstić information content (AvgIpc) is 2.84. The Labute approximate surface area is 183 Å². The SMILES string of the molecule is C[C@@H](OP(=O)(O)OP(=O)(O)OP(=O)(O)O)[C@H]1O[C@@H](n2ccc(N)nc2=O)[C@@](Cl)(CF)C1O. The molecule has 0 aromatic carbocycles. The molecule has 1 aromatic heterocycles. The van der Waals surface area contributed by atoms with Crippen molar-refractivity contribution in [2.75, 3.05) is 12.4 Å². The predicted molar refractivity (Wildman–Crippen MR) is 102 cm³/mol. The summed E-state index contributed by atoms with van der Waals surface area (Å²) in [5.41, 5.74) is 4.34. The molecule has 0 spiro atoms. The van der Waals surface area contributed by atoms with Crippen LogP contribution in [0.15, 0.2) is 17.1 Å². The van der Waals surface area contributed by atoms with Gasteiger partial charge in [-0.2, -0.15) is 13.6 Å². The van der Waals surface area contributed by atoms with Gasteiger partial charge in [-0.25, -0.2) is 22.9 Å². The van der Waals surface area contributed by atoms with Crippen LogP contribution in [-0.2, 0) is 31.6 Å². The number of anilines is 1. The van der Waals surface area contributed by atoms with Gasteiger partial charge in [0.2, 0.25) is 0 Å². The maximum atomic E-state index is 13.8. The van der Waals surface area contributed by atoms with Crippen LogP contribution >= 0.6 is 35.1 Å². The van der Waals surface area contributed by atoms with Crippen molar-refractivity contribution >= 4 is 40.9 Å². The van der Waals surface area contributed by atoms with Gasteiger partial charge in [-0.3, -0.25) is 9.09 Å². The summed E-state index contributed by atoms with van der Waals surface area (Å²) >= 11 is 6.13. The highest BCUT2D eigenvalue weighted by Crippen LogP contribution is 2.66. The summed E-state index contributed by atoms with van der Waals surface area (Å²) in [5, 5.41) is 10.5. The van der Waals surface area contributed by atoms with Crippen molar-refractivity contribution in [3.63, 3.8) is 0 Å². The monoisotopic (exact) mass is 547 g/mol. The third kappa shape index (κ3) is 6.42. The number of rotatable bonds is 9. The van der Waals surface area contributed by atoms with E-state index in [1.807, 2.05) is 0 Å². The van der Waals surface area contributed by atoms with Crippen LogP contribution in [0.25, 0.3) is 0 Å². The highest BCUT2D eigenvalue weighted by molar-refractivity contribution is 7.66. The van der Waals surface area contributed by atoms with Crippen LogP contribution < -0.4 is 11.4 Å². The Morgan fingerprint density at radius 3 is 2.41 bits per heavy atom. The summed E-state index contributed by atoms with van der Waals surface area (Å²) in [6.07, 6.45) is -6.09. The van der Waals surface area contributed by atoms with Gasteiger partial charge in [0, 0.05) is 6.20 Å². The van der Waals surface area contributed by atoms with Crippen molar-refractivity contribution in [2.24, 2.45) is 0 Å². The third-order valence-corrected chi connectivity index (χ3v) is 8.42. The number of nitrogens with two attached hydrogens (primary N) is 1. The zero-order valence-electron chi connectivity index (χ0n) is 15.7. The van der Waals surface area contributed by atoms with Crippen molar-refractivity contribution in [3.8, 4) is 0 Å². The normalized spacial score (nSPS) is 31.1. The van der Waals surface area contributed by atoms with Crippen molar-refractivity contribution in [1.29, 1.82) is 0 Å². The number of halogens is 2. The number of nitrogens with zero attached hydrogens (tertiary/aromatic N) is 2. The van der Waals surface area contributed by atoms with Gasteiger partial charge in [0.05, 0.1) is 6.10 Å². The van der Waals surface area contributed by atoms with Gasteiger partial charge >= 0.3 is 29.2 Å². The van der Waals surface area contributed by atoms with Gasteiger partial charge in [0.25, 0.3) is 0 Å².